The molecular weight excluding hydrogens is 636 g/mol. The third-order valence-electron chi connectivity index (χ3n) is 9.54. The lowest BCUT2D eigenvalue weighted by molar-refractivity contribution is -0.247. The molecule has 2 fully saturated rings. The van der Waals surface area contributed by atoms with Crippen molar-refractivity contribution in [1.29, 1.82) is 0 Å². The van der Waals surface area contributed by atoms with Crippen LogP contribution in [0.5, 0.6) is 17.2 Å². The van der Waals surface area contributed by atoms with Crippen LogP contribution in [0.4, 0.5) is 0 Å². The van der Waals surface area contributed by atoms with Gasteiger partial charge in [-0.3, -0.25) is 19.4 Å². The number of ether oxygens (including phenoxy) is 3. The average molecular weight is 675 g/mol. The molecule has 2 aliphatic carbocycles. The second-order valence-corrected chi connectivity index (χ2v) is 12.4. The van der Waals surface area contributed by atoms with Crippen LogP contribution >= 0.6 is 12.4 Å². The molecule has 0 amide bonds. The summed E-state index contributed by atoms with van der Waals surface area (Å²) in [6, 6.07) is 3.79. The number of aliphatic hydroxyl groups is 3. The van der Waals surface area contributed by atoms with Crippen molar-refractivity contribution in [3.05, 3.63) is 51.6 Å². The topological polar surface area (TPSA) is 196 Å². The number of piperidine rings is 1. The maximum absolute atomic E-state index is 13.8. The second kappa shape index (κ2) is 13.5. The summed E-state index contributed by atoms with van der Waals surface area (Å²) >= 11 is 0. The van der Waals surface area contributed by atoms with Crippen LogP contribution in [-0.2, 0) is 20.7 Å². The number of benzene rings is 2. The SMILES string of the molecule is COc1cccc2c1C(=O)c1c(O)c3c(c(O)c1C2=O)CC(O)(C(=O)CO)C[C@@H]3OC1C[C@H](N=CN2CCCCC2)[C@H](O)C(C)O1.Cl. The smallest absolute Gasteiger partial charge is 0.202 e. The highest BCUT2D eigenvalue weighted by Crippen LogP contribution is 2.52. The molecule has 0 bridgehead atoms. The highest BCUT2D eigenvalue weighted by atomic mass is 35.5. The number of rotatable bonds is 7. The van der Waals surface area contributed by atoms with Gasteiger partial charge in [-0.2, -0.15) is 0 Å². The maximum atomic E-state index is 13.8. The van der Waals surface area contributed by atoms with Crippen molar-refractivity contribution in [1.82, 2.24) is 4.90 Å². The van der Waals surface area contributed by atoms with Crippen molar-refractivity contribution >= 4 is 36.1 Å². The van der Waals surface area contributed by atoms with Gasteiger partial charge in [0.05, 0.1) is 48.4 Å². The van der Waals surface area contributed by atoms with Gasteiger partial charge in [0.25, 0.3) is 0 Å². The number of aliphatic hydroxyl groups excluding tert-OH is 2. The molecule has 47 heavy (non-hydrogen) atoms. The number of halogens is 1. The fourth-order valence-electron chi connectivity index (χ4n) is 7.05. The lowest BCUT2D eigenvalue weighted by atomic mass is 9.72. The Morgan fingerprint density at radius 2 is 1.81 bits per heavy atom. The number of methoxy groups -OCH3 is 1. The van der Waals surface area contributed by atoms with Crippen molar-refractivity contribution in [2.75, 3.05) is 26.8 Å². The van der Waals surface area contributed by atoms with Gasteiger partial charge in [0.2, 0.25) is 5.78 Å². The normalized spacial score (nSPS) is 28.7. The van der Waals surface area contributed by atoms with Crippen LogP contribution < -0.4 is 4.74 Å². The standard InChI is InChI=1S/C33H38N2O11.ClH/c1-16-28(38)19(34-15-35-9-4-3-5-10-35)11-23(45-16)46-21-13-33(43,22(37)14-36)12-18-25(21)32(42)27-26(30(18)40)29(39)17-7-6-8-20(44-2)24(17)31(27)41;/h6-8,15-16,19,21,23,28,36,38,40,42-43H,3-5,9-14H2,1-2H3;1H/t16?,19-,21-,23?,28+,33?;/m0./s1. The molecule has 2 aromatic carbocycles. The maximum Gasteiger partial charge on any atom is 0.202 e. The van der Waals surface area contributed by atoms with Crippen LogP contribution in [0, 0.1) is 0 Å². The Balaban J connectivity index is 0.00000433. The number of carbonyl (C=O) groups is 3. The van der Waals surface area contributed by atoms with Crippen molar-refractivity contribution in [3.63, 3.8) is 0 Å². The monoisotopic (exact) mass is 674 g/mol. The van der Waals surface area contributed by atoms with Crippen molar-refractivity contribution < 1.29 is 54.1 Å². The van der Waals surface area contributed by atoms with E-state index in [2.05, 4.69) is 9.89 Å². The predicted octanol–water partition coefficient (Wildman–Crippen LogP) is 1.98. The van der Waals surface area contributed by atoms with Crippen molar-refractivity contribution in [3.8, 4) is 17.2 Å². The summed E-state index contributed by atoms with van der Waals surface area (Å²) in [5.41, 5.74) is -3.57. The van der Waals surface area contributed by atoms with E-state index in [9.17, 15) is 39.9 Å². The molecule has 254 valence electrons. The number of phenolic OH excluding ortho intramolecular Hbond substituents is 2. The van der Waals surface area contributed by atoms with Crippen LogP contribution in [0.2, 0.25) is 0 Å². The Bertz CT molecular complexity index is 1610. The first-order valence-corrected chi connectivity index (χ1v) is 15.5. The molecule has 3 unspecified atom stereocenters. The summed E-state index contributed by atoms with van der Waals surface area (Å²) in [7, 11) is 1.34. The van der Waals surface area contributed by atoms with Crippen LogP contribution in [0.3, 0.4) is 0 Å². The molecule has 6 rings (SSSR count). The molecule has 2 aromatic rings. The van der Waals surface area contributed by atoms with Gasteiger partial charge in [-0.1, -0.05) is 12.1 Å². The zero-order valence-electron chi connectivity index (χ0n) is 26.0. The molecule has 2 saturated heterocycles. The fourth-order valence-corrected chi connectivity index (χ4v) is 7.05. The number of fused-ring (bicyclic) bond motifs is 3. The molecule has 0 radical (unpaired) electrons. The summed E-state index contributed by atoms with van der Waals surface area (Å²) < 4.78 is 17.5. The molecule has 6 atom stereocenters. The van der Waals surface area contributed by atoms with Gasteiger partial charge in [0.15, 0.2) is 17.9 Å². The van der Waals surface area contributed by atoms with E-state index in [0.29, 0.717) is 0 Å². The number of Topliss-reactive ketones (excluding diaryl/α,β-unsaturated/α-hetero) is 1. The fraction of sp³-hybridized carbons (Fsp3) is 0.515. The van der Waals surface area contributed by atoms with Crippen LogP contribution in [0.25, 0.3) is 0 Å². The second-order valence-electron chi connectivity index (χ2n) is 12.4. The first kappa shape index (κ1) is 34.7. The van der Waals surface area contributed by atoms with Crippen molar-refractivity contribution in [2.24, 2.45) is 4.99 Å². The quantitative estimate of drug-likeness (QED) is 0.139. The van der Waals surface area contributed by atoms with Gasteiger partial charge in [0, 0.05) is 49.0 Å². The van der Waals surface area contributed by atoms with Gasteiger partial charge < -0.3 is 44.6 Å². The molecule has 14 heteroatoms. The minimum absolute atomic E-state index is 0. The number of likely N-dealkylation sites (tertiary alicyclic amines) is 1. The number of hydrogen-bond donors (Lipinski definition) is 5. The minimum atomic E-state index is -2.25. The van der Waals surface area contributed by atoms with Gasteiger partial charge in [0.1, 0.15) is 35.6 Å². The first-order chi connectivity index (χ1) is 22.0. The predicted molar refractivity (Wildman–Crippen MR) is 169 cm³/mol. The van der Waals surface area contributed by atoms with E-state index in [1.807, 2.05) is 0 Å². The summed E-state index contributed by atoms with van der Waals surface area (Å²) in [4.78, 5) is 47.0. The summed E-state index contributed by atoms with van der Waals surface area (Å²) in [5, 5.41) is 55.2. The zero-order chi connectivity index (χ0) is 32.9. The molecular formula is C33H39ClN2O11. The number of phenols is 2. The van der Waals surface area contributed by atoms with E-state index >= 15 is 0 Å². The Hall–Kier alpha value is -3.59. The van der Waals surface area contributed by atoms with Crippen LogP contribution in [0.1, 0.15) is 88.1 Å². The van der Waals surface area contributed by atoms with E-state index in [4.69, 9.17) is 14.2 Å². The Morgan fingerprint density at radius 1 is 1.11 bits per heavy atom. The van der Waals surface area contributed by atoms with E-state index < -0.39 is 95.7 Å². The molecule has 5 N–H and O–H groups in total. The molecule has 13 nitrogen and oxygen atoms in total. The number of hydrogen-bond acceptors (Lipinski definition) is 12. The van der Waals surface area contributed by atoms with Gasteiger partial charge >= 0.3 is 0 Å². The van der Waals surface area contributed by atoms with Gasteiger partial charge in [-0.15, -0.1) is 12.4 Å². The lowest BCUT2D eigenvalue weighted by Gasteiger charge is -2.42. The largest absolute Gasteiger partial charge is 0.507 e. The van der Waals surface area contributed by atoms with Crippen molar-refractivity contribution in [2.45, 2.75) is 81.7 Å². The molecule has 2 heterocycles. The Labute approximate surface area is 277 Å². The highest BCUT2D eigenvalue weighted by molar-refractivity contribution is 6.31. The molecule has 0 spiro atoms. The minimum Gasteiger partial charge on any atom is -0.507 e. The third-order valence-corrected chi connectivity index (χ3v) is 9.54. The molecule has 0 saturated carbocycles. The summed E-state index contributed by atoms with van der Waals surface area (Å²) in [6.07, 6.45) is -0.0562. The number of nitrogens with zero attached hydrogens (tertiary/aromatic N) is 2. The zero-order valence-corrected chi connectivity index (χ0v) is 26.9. The number of aliphatic imine (C=N–C) groups is 1. The lowest BCUT2D eigenvalue weighted by Crippen LogP contribution is -2.50. The van der Waals surface area contributed by atoms with E-state index in [-0.39, 0.29) is 46.8 Å². The Kier molecular flexibility index (Phi) is 9.97. The molecule has 0 aromatic heterocycles. The third kappa shape index (κ3) is 6.00. The van der Waals surface area contributed by atoms with E-state index in [0.717, 1.165) is 32.4 Å². The van der Waals surface area contributed by atoms with Gasteiger partial charge in [-0.25, -0.2) is 0 Å². The van der Waals surface area contributed by atoms with Crippen LogP contribution in [-0.4, -0.2) is 111 Å². The summed E-state index contributed by atoms with van der Waals surface area (Å²) in [5.74, 6) is -3.71. The average Bonchev–Trinajstić information content (AvgIpc) is 3.05. The molecule has 2 aliphatic heterocycles. The number of ketones is 3. The highest BCUT2D eigenvalue weighted by Gasteiger charge is 2.50. The Morgan fingerprint density at radius 3 is 2.49 bits per heavy atom. The number of aromatic hydroxyl groups is 2. The summed E-state index contributed by atoms with van der Waals surface area (Å²) in [6.45, 7) is 2.36. The molecule has 4 aliphatic rings. The first-order valence-electron chi connectivity index (χ1n) is 15.5. The van der Waals surface area contributed by atoms with Crippen LogP contribution in [0.15, 0.2) is 23.2 Å². The van der Waals surface area contributed by atoms with E-state index in [1.165, 1.54) is 25.3 Å². The van der Waals surface area contributed by atoms with Gasteiger partial charge in [-0.05, 0) is 32.3 Å². The van der Waals surface area contributed by atoms with E-state index in [1.54, 1.807) is 13.3 Å². The number of carbonyl (C=O) groups excluding carboxylic acids is 3.